The molecule has 2 heterocycles. The molecule has 168 valence electrons. The van der Waals surface area contributed by atoms with Crippen LogP contribution < -0.4 is 4.90 Å². The lowest BCUT2D eigenvalue weighted by atomic mass is 10.1. The van der Waals surface area contributed by atoms with E-state index in [0.717, 1.165) is 18.5 Å². The summed E-state index contributed by atoms with van der Waals surface area (Å²) in [5, 5.41) is 9.43. The molecule has 0 N–H and O–H groups in total. The summed E-state index contributed by atoms with van der Waals surface area (Å²) in [6.45, 7) is 10.1. The Morgan fingerprint density at radius 3 is 2.28 bits per heavy atom. The Labute approximate surface area is 192 Å². The zero-order valence-corrected chi connectivity index (χ0v) is 20.1. The summed E-state index contributed by atoms with van der Waals surface area (Å²) in [5.74, 6) is 1.46. The van der Waals surface area contributed by atoms with Gasteiger partial charge < -0.3 is 4.90 Å². The highest BCUT2D eigenvalue weighted by Gasteiger charge is 2.28. The zero-order chi connectivity index (χ0) is 23.0. The molecule has 0 amide bonds. The molecule has 0 bridgehead atoms. The van der Waals surface area contributed by atoms with Crippen LogP contribution in [0, 0.1) is 11.8 Å². The van der Waals surface area contributed by atoms with Crippen LogP contribution in [0.2, 0.25) is 5.02 Å². The summed E-state index contributed by atoms with van der Waals surface area (Å²) in [7, 11) is -3.89. The Morgan fingerprint density at radius 2 is 1.66 bits per heavy atom. The van der Waals surface area contributed by atoms with Gasteiger partial charge in [0.05, 0.1) is 10.4 Å². The SMILES string of the molecule is CC(C)CN(CC(C)C)c1nc2c(S(=O)(=O)c3ccccc3)nnn2c2ccc(Cl)cc12. The van der Waals surface area contributed by atoms with Crippen molar-refractivity contribution in [2.24, 2.45) is 11.8 Å². The van der Waals surface area contributed by atoms with Gasteiger partial charge in [-0.2, -0.15) is 4.52 Å². The van der Waals surface area contributed by atoms with Crippen molar-refractivity contribution >= 4 is 43.8 Å². The van der Waals surface area contributed by atoms with Gasteiger partial charge >= 0.3 is 0 Å². The molecule has 2 aromatic heterocycles. The number of hydrogen-bond donors (Lipinski definition) is 0. The molecule has 0 aliphatic rings. The first-order valence-electron chi connectivity index (χ1n) is 10.6. The molecular weight excluding hydrogens is 446 g/mol. The summed E-state index contributed by atoms with van der Waals surface area (Å²) < 4.78 is 28.2. The second-order valence-corrected chi connectivity index (χ2v) is 11.0. The average Bonchev–Trinajstić information content (AvgIpc) is 3.17. The molecule has 0 saturated carbocycles. The first kappa shape index (κ1) is 22.5. The molecule has 4 rings (SSSR count). The molecule has 0 radical (unpaired) electrons. The smallest absolute Gasteiger partial charge is 0.229 e. The Hall–Kier alpha value is -2.71. The van der Waals surface area contributed by atoms with Crippen LogP contribution >= 0.6 is 11.6 Å². The molecule has 0 aliphatic heterocycles. The van der Waals surface area contributed by atoms with Crippen LogP contribution in [0.1, 0.15) is 27.7 Å². The maximum absolute atomic E-state index is 13.3. The number of sulfone groups is 1. The molecule has 0 spiro atoms. The van der Waals surface area contributed by atoms with E-state index in [2.05, 4.69) is 42.9 Å². The van der Waals surface area contributed by atoms with Gasteiger partial charge in [-0.3, -0.25) is 0 Å². The molecule has 32 heavy (non-hydrogen) atoms. The van der Waals surface area contributed by atoms with E-state index in [4.69, 9.17) is 16.6 Å². The monoisotopic (exact) mass is 471 g/mol. The molecule has 0 unspecified atom stereocenters. The third-order valence-corrected chi connectivity index (χ3v) is 6.94. The number of aromatic nitrogens is 4. The van der Waals surface area contributed by atoms with Gasteiger partial charge in [-0.05, 0) is 42.2 Å². The number of fused-ring (bicyclic) bond motifs is 3. The van der Waals surface area contributed by atoms with Crippen LogP contribution in [0.3, 0.4) is 0 Å². The standard InChI is InChI=1S/C23H26ClN5O2S/c1-15(2)13-28(14-16(3)4)21-19-12-17(24)10-11-20(19)29-22(25-21)23(26-27-29)32(30,31)18-8-6-5-7-9-18/h5-12,15-16H,13-14H2,1-4H3. The minimum absolute atomic E-state index is 0.156. The van der Waals surface area contributed by atoms with Crippen molar-refractivity contribution in [3.63, 3.8) is 0 Å². The third kappa shape index (κ3) is 4.17. The number of halogens is 1. The van der Waals surface area contributed by atoms with Gasteiger partial charge in [-0.25, -0.2) is 13.4 Å². The number of hydrogen-bond acceptors (Lipinski definition) is 6. The van der Waals surface area contributed by atoms with E-state index < -0.39 is 9.84 Å². The first-order chi connectivity index (χ1) is 15.2. The van der Waals surface area contributed by atoms with E-state index in [9.17, 15) is 8.42 Å². The highest BCUT2D eigenvalue weighted by Crippen LogP contribution is 2.32. The zero-order valence-electron chi connectivity index (χ0n) is 18.5. The maximum Gasteiger partial charge on any atom is 0.229 e. The highest BCUT2D eigenvalue weighted by molar-refractivity contribution is 7.91. The molecule has 0 aliphatic carbocycles. The summed E-state index contributed by atoms with van der Waals surface area (Å²) >= 11 is 6.33. The highest BCUT2D eigenvalue weighted by atomic mass is 35.5. The predicted octanol–water partition coefficient (Wildman–Crippen LogP) is 4.88. The van der Waals surface area contributed by atoms with E-state index in [-0.39, 0.29) is 15.6 Å². The van der Waals surface area contributed by atoms with E-state index in [0.29, 0.717) is 28.2 Å². The topological polar surface area (TPSA) is 80.5 Å². The summed E-state index contributed by atoms with van der Waals surface area (Å²) in [5.41, 5.74) is 0.908. The first-order valence-corrected chi connectivity index (χ1v) is 12.4. The van der Waals surface area contributed by atoms with Crippen molar-refractivity contribution in [2.45, 2.75) is 37.6 Å². The normalized spacial score (nSPS) is 12.3. The number of nitrogens with zero attached hydrogens (tertiary/aromatic N) is 5. The van der Waals surface area contributed by atoms with Crippen molar-refractivity contribution < 1.29 is 8.42 Å². The summed E-state index contributed by atoms with van der Waals surface area (Å²) in [4.78, 5) is 7.18. The van der Waals surface area contributed by atoms with Crippen molar-refractivity contribution in [2.75, 3.05) is 18.0 Å². The lowest BCUT2D eigenvalue weighted by Crippen LogP contribution is -2.32. The lowest BCUT2D eigenvalue weighted by Gasteiger charge is -2.28. The van der Waals surface area contributed by atoms with Crippen molar-refractivity contribution in [1.82, 2.24) is 19.8 Å². The predicted molar refractivity (Wildman–Crippen MR) is 127 cm³/mol. The van der Waals surface area contributed by atoms with Gasteiger partial charge in [0.15, 0.2) is 5.65 Å². The van der Waals surface area contributed by atoms with E-state index in [1.54, 1.807) is 36.4 Å². The Morgan fingerprint density at radius 1 is 1.00 bits per heavy atom. The van der Waals surface area contributed by atoms with Crippen LogP contribution in [0.5, 0.6) is 0 Å². The van der Waals surface area contributed by atoms with Gasteiger partial charge in [0.1, 0.15) is 5.82 Å². The minimum atomic E-state index is -3.89. The molecular formula is C23H26ClN5O2S. The number of anilines is 1. The van der Waals surface area contributed by atoms with Crippen LogP contribution in [0.15, 0.2) is 58.5 Å². The lowest BCUT2D eigenvalue weighted by molar-refractivity contribution is 0.550. The van der Waals surface area contributed by atoms with Gasteiger partial charge in [-0.15, -0.1) is 5.10 Å². The van der Waals surface area contributed by atoms with E-state index in [1.165, 1.54) is 4.52 Å². The molecule has 2 aromatic carbocycles. The second kappa shape index (κ2) is 8.67. The second-order valence-electron chi connectivity index (χ2n) is 8.74. The molecule has 0 fully saturated rings. The van der Waals surface area contributed by atoms with Gasteiger partial charge in [0, 0.05) is 23.5 Å². The molecule has 4 aromatic rings. The molecule has 0 saturated heterocycles. The van der Waals surface area contributed by atoms with Crippen molar-refractivity contribution in [3.05, 3.63) is 53.6 Å². The Kier molecular flexibility index (Phi) is 6.09. The summed E-state index contributed by atoms with van der Waals surface area (Å²) in [6.07, 6.45) is 0. The summed E-state index contributed by atoms with van der Waals surface area (Å²) in [6, 6.07) is 13.7. The fourth-order valence-corrected chi connectivity index (χ4v) is 5.24. The Balaban J connectivity index is 2.02. The number of rotatable bonds is 7. The van der Waals surface area contributed by atoms with Crippen LogP contribution in [0.25, 0.3) is 16.6 Å². The minimum Gasteiger partial charge on any atom is -0.355 e. The fourth-order valence-electron chi connectivity index (χ4n) is 3.81. The Bertz CT molecular complexity index is 1360. The van der Waals surface area contributed by atoms with Gasteiger partial charge in [0.2, 0.25) is 14.9 Å². The molecule has 9 heteroatoms. The number of benzene rings is 2. The third-order valence-electron chi connectivity index (χ3n) is 5.04. The van der Waals surface area contributed by atoms with Crippen LogP contribution in [-0.2, 0) is 9.84 Å². The van der Waals surface area contributed by atoms with Crippen molar-refractivity contribution in [1.29, 1.82) is 0 Å². The largest absolute Gasteiger partial charge is 0.355 e. The van der Waals surface area contributed by atoms with E-state index in [1.807, 2.05) is 12.1 Å². The molecule has 0 atom stereocenters. The quantitative estimate of drug-likeness (QED) is 0.382. The van der Waals surface area contributed by atoms with Crippen LogP contribution in [-0.4, -0.2) is 41.3 Å². The van der Waals surface area contributed by atoms with Crippen molar-refractivity contribution in [3.8, 4) is 0 Å². The fraction of sp³-hybridized carbons (Fsp3) is 0.348. The molecule has 7 nitrogen and oxygen atoms in total. The average molecular weight is 472 g/mol. The van der Waals surface area contributed by atoms with Gasteiger partial charge in [0.25, 0.3) is 0 Å². The van der Waals surface area contributed by atoms with Gasteiger partial charge in [-0.1, -0.05) is 62.7 Å². The van der Waals surface area contributed by atoms with Crippen LogP contribution in [0.4, 0.5) is 5.82 Å². The van der Waals surface area contributed by atoms with E-state index >= 15 is 0 Å². The maximum atomic E-state index is 13.3.